The van der Waals surface area contributed by atoms with Gasteiger partial charge in [0.1, 0.15) is 5.75 Å². The van der Waals surface area contributed by atoms with Crippen LogP contribution in [0, 0.1) is 12.7 Å². The molecule has 0 saturated carbocycles. The molecule has 1 atom stereocenters. The standard InChI is InChI=1S/C22H17F2N5OS/c1-12-6-19(31-28-12)14-9-17(23)20-26-27-21(29(20)11-14)22(2,24)15-4-5-18-13(7-15)8-16(30-3)10-25-18/h4-11H,1-3H3/t22-/m1/s1. The van der Waals surface area contributed by atoms with Crippen molar-refractivity contribution in [2.45, 2.75) is 19.5 Å². The molecule has 9 heteroatoms. The Morgan fingerprint density at radius 1 is 1.13 bits per heavy atom. The van der Waals surface area contributed by atoms with Crippen molar-refractivity contribution in [3.05, 3.63) is 71.7 Å². The first-order valence-electron chi connectivity index (χ1n) is 9.48. The zero-order valence-electron chi connectivity index (χ0n) is 16.9. The average Bonchev–Trinajstić information content (AvgIpc) is 3.39. The van der Waals surface area contributed by atoms with Gasteiger partial charge in [0.2, 0.25) is 0 Å². The molecule has 0 amide bonds. The zero-order valence-corrected chi connectivity index (χ0v) is 17.7. The summed E-state index contributed by atoms with van der Waals surface area (Å²) in [5.41, 5.74) is 0.405. The Hall–Kier alpha value is -3.46. The fourth-order valence-corrected chi connectivity index (χ4v) is 4.29. The van der Waals surface area contributed by atoms with Crippen LogP contribution in [0.2, 0.25) is 0 Å². The summed E-state index contributed by atoms with van der Waals surface area (Å²) in [7, 11) is 1.55. The second-order valence-corrected chi connectivity index (χ2v) is 8.22. The van der Waals surface area contributed by atoms with E-state index in [4.69, 9.17) is 4.74 Å². The molecule has 5 aromatic rings. The third-order valence-corrected chi connectivity index (χ3v) is 6.16. The molecular weight excluding hydrogens is 420 g/mol. The van der Waals surface area contributed by atoms with Gasteiger partial charge >= 0.3 is 0 Å². The van der Waals surface area contributed by atoms with Gasteiger partial charge in [0.05, 0.1) is 29.4 Å². The lowest BCUT2D eigenvalue weighted by molar-refractivity contribution is 0.234. The Morgan fingerprint density at radius 2 is 1.97 bits per heavy atom. The topological polar surface area (TPSA) is 65.2 Å². The number of methoxy groups -OCH3 is 1. The summed E-state index contributed by atoms with van der Waals surface area (Å²) in [5.74, 6) is -0.0186. The van der Waals surface area contributed by atoms with Crippen molar-refractivity contribution in [2.75, 3.05) is 7.11 Å². The van der Waals surface area contributed by atoms with Crippen molar-refractivity contribution < 1.29 is 13.5 Å². The molecule has 0 fully saturated rings. The smallest absolute Gasteiger partial charge is 0.197 e. The maximum atomic E-state index is 16.2. The maximum absolute atomic E-state index is 16.2. The number of benzene rings is 1. The van der Waals surface area contributed by atoms with Crippen molar-refractivity contribution in [3.63, 3.8) is 0 Å². The molecule has 156 valence electrons. The van der Waals surface area contributed by atoms with Gasteiger partial charge in [-0.2, -0.15) is 4.37 Å². The van der Waals surface area contributed by atoms with Gasteiger partial charge in [-0.15, -0.1) is 10.2 Å². The van der Waals surface area contributed by atoms with Gasteiger partial charge in [-0.05, 0) is 61.3 Å². The summed E-state index contributed by atoms with van der Waals surface area (Å²) in [6.07, 6.45) is 3.25. The minimum absolute atomic E-state index is 0.0142. The van der Waals surface area contributed by atoms with Crippen LogP contribution in [0.1, 0.15) is 24.0 Å². The van der Waals surface area contributed by atoms with Crippen LogP contribution in [0.5, 0.6) is 5.75 Å². The molecular formula is C22H17F2N5OS. The van der Waals surface area contributed by atoms with E-state index >= 15 is 4.39 Å². The number of rotatable bonds is 4. The Labute approximate surface area is 180 Å². The van der Waals surface area contributed by atoms with E-state index in [1.165, 1.54) is 28.9 Å². The monoisotopic (exact) mass is 437 g/mol. The minimum atomic E-state index is -2.04. The largest absolute Gasteiger partial charge is 0.495 e. The van der Waals surface area contributed by atoms with Crippen molar-refractivity contribution >= 4 is 28.1 Å². The molecule has 6 nitrogen and oxygen atoms in total. The van der Waals surface area contributed by atoms with Gasteiger partial charge in [-0.1, -0.05) is 6.07 Å². The predicted molar refractivity (Wildman–Crippen MR) is 115 cm³/mol. The molecule has 31 heavy (non-hydrogen) atoms. The summed E-state index contributed by atoms with van der Waals surface area (Å²) >= 11 is 1.25. The van der Waals surface area contributed by atoms with Crippen molar-refractivity contribution in [1.82, 2.24) is 24.0 Å². The van der Waals surface area contributed by atoms with E-state index in [1.807, 2.05) is 13.0 Å². The summed E-state index contributed by atoms with van der Waals surface area (Å²) in [5, 5.41) is 8.62. The van der Waals surface area contributed by atoms with E-state index in [2.05, 4.69) is 19.6 Å². The van der Waals surface area contributed by atoms with E-state index in [0.717, 1.165) is 16.0 Å². The fourth-order valence-electron chi connectivity index (χ4n) is 3.55. The quantitative estimate of drug-likeness (QED) is 0.392. The Morgan fingerprint density at radius 3 is 2.71 bits per heavy atom. The number of ether oxygens (including phenoxy) is 1. The average molecular weight is 437 g/mol. The predicted octanol–water partition coefficient (Wildman–Crippen LogP) is 5.09. The molecule has 0 saturated heterocycles. The summed E-state index contributed by atoms with van der Waals surface area (Å²) < 4.78 is 41.8. The van der Waals surface area contributed by atoms with E-state index in [1.54, 1.807) is 43.8 Å². The first-order chi connectivity index (χ1) is 14.9. The van der Waals surface area contributed by atoms with Gasteiger partial charge in [0.15, 0.2) is 23.0 Å². The number of aryl methyl sites for hydroxylation is 1. The lowest BCUT2D eigenvalue weighted by Crippen LogP contribution is -2.21. The van der Waals surface area contributed by atoms with Crippen LogP contribution in [0.4, 0.5) is 8.78 Å². The minimum Gasteiger partial charge on any atom is -0.495 e. The fraction of sp³-hybridized carbons (Fsp3) is 0.182. The highest BCUT2D eigenvalue weighted by atomic mass is 32.1. The molecule has 0 unspecified atom stereocenters. The van der Waals surface area contributed by atoms with Crippen LogP contribution in [-0.2, 0) is 5.67 Å². The Kier molecular flexibility index (Phi) is 4.44. The van der Waals surface area contributed by atoms with E-state index < -0.39 is 11.5 Å². The third kappa shape index (κ3) is 3.21. The maximum Gasteiger partial charge on any atom is 0.197 e. The van der Waals surface area contributed by atoms with Gasteiger partial charge in [0, 0.05) is 17.1 Å². The van der Waals surface area contributed by atoms with Crippen LogP contribution in [0.15, 0.2) is 48.8 Å². The van der Waals surface area contributed by atoms with Gasteiger partial charge in [0.25, 0.3) is 0 Å². The molecule has 0 N–H and O–H groups in total. The van der Waals surface area contributed by atoms with Crippen LogP contribution < -0.4 is 4.74 Å². The van der Waals surface area contributed by atoms with Crippen molar-refractivity contribution in [2.24, 2.45) is 0 Å². The second-order valence-electron chi connectivity index (χ2n) is 7.41. The number of aromatic nitrogens is 5. The molecule has 4 aromatic heterocycles. The Bertz CT molecular complexity index is 1440. The lowest BCUT2D eigenvalue weighted by atomic mass is 9.95. The van der Waals surface area contributed by atoms with Gasteiger partial charge in [-0.3, -0.25) is 9.38 Å². The van der Waals surface area contributed by atoms with Crippen LogP contribution in [0.3, 0.4) is 0 Å². The first-order valence-corrected chi connectivity index (χ1v) is 10.3. The second kappa shape index (κ2) is 7.05. The van der Waals surface area contributed by atoms with Crippen LogP contribution >= 0.6 is 11.5 Å². The molecule has 4 heterocycles. The molecule has 0 aliphatic heterocycles. The molecule has 1 aromatic carbocycles. The zero-order chi connectivity index (χ0) is 21.8. The molecule has 0 aliphatic carbocycles. The third-order valence-electron chi connectivity index (χ3n) is 5.23. The summed E-state index contributed by atoms with van der Waals surface area (Å²) in [6, 6.07) is 10.1. The number of alkyl halides is 1. The highest BCUT2D eigenvalue weighted by Crippen LogP contribution is 2.36. The van der Waals surface area contributed by atoms with Crippen LogP contribution in [-0.4, -0.2) is 31.1 Å². The Balaban J connectivity index is 1.67. The highest BCUT2D eigenvalue weighted by molar-refractivity contribution is 7.09. The number of hydrogen-bond acceptors (Lipinski definition) is 6. The molecule has 5 rings (SSSR count). The normalized spacial score (nSPS) is 13.6. The summed E-state index contributed by atoms with van der Waals surface area (Å²) in [6.45, 7) is 3.25. The van der Waals surface area contributed by atoms with E-state index in [0.29, 0.717) is 22.4 Å². The number of fused-ring (bicyclic) bond motifs is 2. The molecule has 0 radical (unpaired) electrons. The first kappa shape index (κ1) is 19.5. The molecule has 0 bridgehead atoms. The molecule has 0 spiro atoms. The lowest BCUT2D eigenvalue weighted by Gasteiger charge is -2.20. The van der Waals surface area contributed by atoms with Gasteiger partial charge in [-0.25, -0.2) is 8.78 Å². The number of halogens is 2. The van der Waals surface area contributed by atoms with E-state index in [-0.39, 0.29) is 11.5 Å². The number of hydrogen-bond donors (Lipinski definition) is 0. The number of pyridine rings is 2. The van der Waals surface area contributed by atoms with Crippen molar-refractivity contribution in [3.8, 4) is 16.2 Å². The van der Waals surface area contributed by atoms with Crippen molar-refractivity contribution in [1.29, 1.82) is 0 Å². The summed E-state index contributed by atoms with van der Waals surface area (Å²) in [4.78, 5) is 5.09. The highest BCUT2D eigenvalue weighted by Gasteiger charge is 2.35. The molecule has 0 aliphatic rings. The van der Waals surface area contributed by atoms with Gasteiger partial charge < -0.3 is 4.74 Å². The van der Waals surface area contributed by atoms with Crippen LogP contribution in [0.25, 0.3) is 27.0 Å². The SMILES string of the molecule is COc1cnc2ccc([C@@](C)(F)c3nnc4c(F)cc(-c5cc(C)ns5)cn34)cc2c1. The van der Waals surface area contributed by atoms with E-state index in [9.17, 15) is 4.39 Å². The number of nitrogens with zero attached hydrogens (tertiary/aromatic N) is 5.